The van der Waals surface area contributed by atoms with Crippen molar-refractivity contribution in [2.24, 2.45) is 0 Å². The first-order valence-electron chi connectivity index (χ1n) is 6.66. The second-order valence-corrected chi connectivity index (χ2v) is 5.85. The quantitative estimate of drug-likeness (QED) is 0.766. The summed E-state index contributed by atoms with van der Waals surface area (Å²) >= 11 is 1.92. The number of halogens is 1. The van der Waals surface area contributed by atoms with Gasteiger partial charge in [-0.15, -0.1) is 23.7 Å². The standard InChI is InChI=1S/C14H23NS.ClH/c1-2-3-11-15-14(9-5-4-6-10-14)13-8-7-12-16-13;/h7-8,12,15H,2-6,9-11H2,1H3;1H. The minimum absolute atomic E-state index is 0. The summed E-state index contributed by atoms with van der Waals surface area (Å²) < 4.78 is 0. The van der Waals surface area contributed by atoms with Gasteiger partial charge in [-0.2, -0.15) is 0 Å². The zero-order valence-corrected chi connectivity index (χ0v) is 12.3. The van der Waals surface area contributed by atoms with E-state index in [1.807, 2.05) is 11.3 Å². The van der Waals surface area contributed by atoms with Gasteiger partial charge in [-0.1, -0.05) is 38.7 Å². The maximum Gasteiger partial charge on any atom is 0.0528 e. The van der Waals surface area contributed by atoms with E-state index in [2.05, 4.69) is 29.8 Å². The molecule has 1 heterocycles. The largest absolute Gasteiger partial charge is 0.307 e. The molecule has 1 fully saturated rings. The maximum absolute atomic E-state index is 3.85. The summed E-state index contributed by atoms with van der Waals surface area (Å²) in [7, 11) is 0. The monoisotopic (exact) mass is 273 g/mol. The SMILES string of the molecule is CCCCNC1(c2cccs2)CCCCC1.Cl. The Morgan fingerprint density at radius 2 is 2.06 bits per heavy atom. The second kappa shape index (κ2) is 7.40. The van der Waals surface area contributed by atoms with E-state index in [9.17, 15) is 0 Å². The molecule has 0 saturated heterocycles. The molecular formula is C14H24ClNS. The van der Waals surface area contributed by atoms with Crippen molar-refractivity contribution in [1.82, 2.24) is 5.32 Å². The van der Waals surface area contributed by atoms with Crippen LogP contribution in [-0.4, -0.2) is 6.54 Å². The van der Waals surface area contributed by atoms with Crippen LogP contribution in [0.15, 0.2) is 17.5 Å². The molecule has 1 aliphatic rings. The lowest BCUT2D eigenvalue weighted by Crippen LogP contribution is -2.43. The maximum atomic E-state index is 3.85. The van der Waals surface area contributed by atoms with Crippen molar-refractivity contribution in [3.63, 3.8) is 0 Å². The van der Waals surface area contributed by atoms with Crippen molar-refractivity contribution < 1.29 is 0 Å². The Hall–Kier alpha value is -0.0500. The third-order valence-electron chi connectivity index (χ3n) is 3.69. The van der Waals surface area contributed by atoms with Gasteiger partial charge in [-0.3, -0.25) is 0 Å². The van der Waals surface area contributed by atoms with Crippen LogP contribution in [0.3, 0.4) is 0 Å². The van der Waals surface area contributed by atoms with E-state index in [1.54, 1.807) is 4.88 Å². The van der Waals surface area contributed by atoms with Crippen molar-refractivity contribution in [2.45, 2.75) is 57.4 Å². The first-order valence-corrected chi connectivity index (χ1v) is 7.54. The first kappa shape index (κ1) is 15.0. The lowest BCUT2D eigenvalue weighted by Gasteiger charge is -2.38. The molecule has 1 aromatic heterocycles. The van der Waals surface area contributed by atoms with E-state index in [-0.39, 0.29) is 12.4 Å². The molecule has 98 valence electrons. The Kier molecular flexibility index (Phi) is 6.53. The number of nitrogens with one attached hydrogen (secondary N) is 1. The molecule has 0 aliphatic heterocycles. The van der Waals surface area contributed by atoms with Crippen LogP contribution < -0.4 is 5.32 Å². The smallest absolute Gasteiger partial charge is 0.0528 e. The highest BCUT2D eigenvalue weighted by molar-refractivity contribution is 7.10. The Balaban J connectivity index is 0.00000144. The summed E-state index contributed by atoms with van der Waals surface area (Å²) in [5.74, 6) is 0. The molecule has 0 bridgehead atoms. The number of hydrogen-bond donors (Lipinski definition) is 1. The van der Waals surface area contributed by atoms with E-state index < -0.39 is 0 Å². The predicted octanol–water partition coefficient (Wildman–Crippen LogP) is 4.72. The molecule has 17 heavy (non-hydrogen) atoms. The van der Waals surface area contributed by atoms with Gasteiger partial charge in [0.2, 0.25) is 0 Å². The van der Waals surface area contributed by atoms with Crippen LogP contribution in [-0.2, 0) is 5.54 Å². The van der Waals surface area contributed by atoms with Crippen molar-refractivity contribution >= 4 is 23.7 Å². The van der Waals surface area contributed by atoms with Gasteiger partial charge in [0.05, 0.1) is 5.54 Å². The average Bonchev–Trinajstić information content (AvgIpc) is 2.85. The highest BCUT2D eigenvalue weighted by atomic mass is 35.5. The summed E-state index contributed by atoms with van der Waals surface area (Å²) in [4.78, 5) is 1.56. The molecule has 2 rings (SSSR count). The number of thiophene rings is 1. The summed E-state index contributed by atoms with van der Waals surface area (Å²) in [6.07, 6.45) is 9.44. The van der Waals surface area contributed by atoms with Gasteiger partial charge in [0.25, 0.3) is 0 Å². The minimum atomic E-state index is 0. The molecule has 1 saturated carbocycles. The molecule has 0 aromatic carbocycles. The number of rotatable bonds is 5. The second-order valence-electron chi connectivity index (χ2n) is 4.90. The molecule has 0 radical (unpaired) electrons. The first-order chi connectivity index (χ1) is 7.87. The van der Waals surface area contributed by atoms with Crippen molar-refractivity contribution in [3.05, 3.63) is 22.4 Å². The normalized spacial score (nSPS) is 18.6. The van der Waals surface area contributed by atoms with E-state index in [4.69, 9.17) is 0 Å². The van der Waals surface area contributed by atoms with Crippen LogP contribution in [0.25, 0.3) is 0 Å². The summed E-state index contributed by atoms with van der Waals surface area (Å²) in [5.41, 5.74) is 0.321. The van der Waals surface area contributed by atoms with Crippen molar-refractivity contribution in [2.75, 3.05) is 6.54 Å². The molecule has 0 unspecified atom stereocenters. The van der Waals surface area contributed by atoms with Crippen LogP contribution in [0.2, 0.25) is 0 Å². The fourth-order valence-electron chi connectivity index (χ4n) is 2.72. The molecule has 1 N–H and O–H groups in total. The lowest BCUT2D eigenvalue weighted by atomic mass is 9.80. The Morgan fingerprint density at radius 3 is 2.65 bits per heavy atom. The van der Waals surface area contributed by atoms with E-state index in [0.717, 1.165) is 0 Å². The Labute approximate surface area is 115 Å². The molecule has 3 heteroatoms. The van der Waals surface area contributed by atoms with Gasteiger partial charge in [0, 0.05) is 4.88 Å². The number of hydrogen-bond acceptors (Lipinski definition) is 2. The fourth-order valence-corrected chi connectivity index (χ4v) is 3.68. The van der Waals surface area contributed by atoms with Crippen molar-refractivity contribution in [1.29, 1.82) is 0 Å². The molecule has 0 spiro atoms. The predicted molar refractivity (Wildman–Crippen MR) is 79.2 cm³/mol. The van der Waals surface area contributed by atoms with Gasteiger partial charge in [-0.25, -0.2) is 0 Å². The topological polar surface area (TPSA) is 12.0 Å². The van der Waals surface area contributed by atoms with Crippen LogP contribution in [0, 0.1) is 0 Å². The molecular weight excluding hydrogens is 250 g/mol. The highest BCUT2D eigenvalue weighted by Crippen LogP contribution is 2.39. The molecule has 1 nitrogen and oxygen atoms in total. The summed E-state index contributed by atoms with van der Waals surface area (Å²) in [5, 5.41) is 6.06. The van der Waals surface area contributed by atoms with Crippen LogP contribution in [0.5, 0.6) is 0 Å². The van der Waals surface area contributed by atoms with Gasteiger partial charge < -0.3 is 5.32 Å². The fraction of sp³-hybridized carbons (Fsp3) is 0.714. The van der Waals surface area contributed by atoms with E-state index >= 15 is 0 Å². The summed E-state index contributed by atoms with van der Waals surface area (Å²) in [6, 6.07) is 4.51. The van der Waals surface area contributed by atoms with E-state index in [0.29, 0.717) is 5.54 Å². The van der Waals surface area contributed by atoms with Crippen molar-refractivity contribution in [3.8, 4) is 0 Å². The van der Waals surface area contributed by atoms with Gasteiger partial charge in [0.15, 0.2) is 0 Å². The molecule has 0 amide bonds. The zero-order valence-electron chi connectivity index (χ0n) is 10.7. The highest BCUT2D eigenvalue weighted by Gasteiger charge is 2.33. The van der Waals surface area contributed by atoms with Crippen LogP contribution in [0.1, 0.15) is 56.7 Å². The molecule has 1 aromatic rings. The zero-order chi connectivity index (χ0) is 11.3. The average molecular weight is 274 g/mol. The Bertz CT molecular complexity index is 291. The Morgan fingerprint density at radius 1 is 1.29 bits per heavy atom. The minimum Gasteiger partial charge on any atom is -0.307 e. The van der Waals surface area contributed by atoms with Gasteiger partial charge >= 0.3 is 0 Å². The van der Waals surface area contributed by atoms with Crippen LogP contribution >= 0.6 is 23.7 Å². The molecule has 0 atom stereocenters. The third-order valence-corrected chi connectivity index (χ3v) is 4.77. The lowest BCUT2D eigenvalue weighted by molar-refractivity contribution is 0.238. The number of unbranched alkanes of at least 4 members (excludes halogenated alkanes) is 1. The van der Waals surface area contributed by atoms with Crippen LogP contribution in [0.4, 0.5) is 0 Å². The summed E-state index contributed by atoms with van der Waals surface area (Å²) in [6.45, 7) is 3.44. The molecule has 1 aliphatic carbocycles. The van der Waals surface area contributed by atoms with E-state index in [1.165, 1.54) is 51.5 Å². The third kappa shape index (κ3) is 3.70. The van der Waals surface area contributed by atoms with Gasteiger partial charge in [-0.05, 0) is 37.3 Å². The van der Waals surface area contributed by atoms with Gasteiger partial charge in [0.1, 0.15) is 0 Å².